The summed E-state index contributed by atoms with van der Waals surface area (Å²) in [5.41, 5.74) is 0.836. The van der Waals surface area contributed by atoms with Crippen molar-refractivity contribution in [1.82, 2.24) is 0 Å². The van der Waals surface area contributed by atoms with Crippen LogP contribution in [0.25, 0.3) is 0 Å². The van der Waals surface area contributed by atoms with Crippen molar-refractivity contribution < 1.29 is 8.78 Å². The Morgan fingerprint density at radius 2 is 1.62 bits per heavy atom. The third kappa shape index (κ3) is 2.51. The zero-order chi connectivity index (χ0) is 10.0. The van der Waals surface area contributed by atoms with E-state index in [2.05, 4.69) is 0 Å². The Morgan fingerprint density at radius 3 is 2.00 bits per heavy atom. The highest BCUT2D eigenvalue weighted by atomic mass is 19.1. The van der Waals surface area contributed by atoms with Crippen molar-refractivity contribution in [2.24, 2.45) is 5.92 Å². The minimum atomic E-state index is -0.425. The SMILES string of the molecule is Cc1cc(F)c(CC(C)C)c(F)c1. The summed E-state index contributed by atoms with van der Waals surface area (Å²) in [6.07, 6.45) is 0.456. The number of hydrogen-bond donors (Lipinski definition) is 0. The molecule has 2 heteroatoms. The van der Waals surface area contributed by atoms with Crippen molar-refractivity contribution in [2.45, 2.75) is 27.2 Å². The predicted molar refractivity (Wildman–Crippen MR) is 49.6 cm³/mol. The summed E-state index contributed by atoms with van der Waals surface area (Å²) in [6, 6.07) is 2.75. The van der Waals surface area contributed by atoms with Crippen molar-refractivity contribution in [3.8, 4) is 0 Å². The fourth-order valence-corrected chi connectivity index (χ4v) is 1.33. The van der Waals surface area contributed by atoms with Crippen LogP contribution in [0.15, 0.2) is 12.1 Å². The zero-order valence-corrected chi connectivity index (χ0v) is 8.20. The molecule has 0 heterocycles. The van der Waals surface area contributed by atoms with Crippen LogP contribution in [0.3, 0.4) is 0 Å². The summed E-state index contributed by atoms with van der Waals surface area (Å²) in [5.74, 6) is -0.580. The summed E-state index contributed by atoms with van der Waals surface area (Å²) in [7, 11) is 0. The molecule has 0 amide bonds. The molecule has 0 saturated carbocycles. The lowest BCUT2D eigenvalue weighted by Crippen LogP contribution is -2.01. The predicted octanol–water partition coefficient (Wildman–Crippen LogP) is 3.47. The number of aryl methyl sites for hydroxylation is 1. The Bertz CT molecular complexity index is 280. The second-order valence-corrected chi connectivity index (χ2v) is 3.81. The minimum absolute atomic E-state index is 0.209. The lowest BCUT2D eigenvalue weighted by molar-refractivity contribution is 0.524. The number of benzene rings is 1. The van der Waals surface area contributed by atoms with Gasteiger partial charge in [0.2, 0.25) is 0 Å². The van der Waals surface area contributed by atoms with Gasteiger partial charge in [-0.15, -0.1) is 0 Å². The summed E-state index contributed by atoms with van der Waals surface area (Å²) >= 11 is 0. The normalized spacial score (nSPS) is 10.9. The molecule has 1 aromatic rings. The molecular weight excluding hydrogens is 170 g/mol. The number of hydrogen-bond acceptors (Lipinski definition) is 0. The quantitative estimate of drug-likeness (QED) is 0.660. The van der Waals surface area contributed by atoms with E-state index in [1.165, 1.54) is 12.1 Å². The Labute approximate surface area is 77.6 Å². The molecule has 0 bridgehead atoms. The van der Waals surface area contributed by atoms with Gasteiger partial charge in [-0.1, -0.05) is 13.8 Å². The third-order valence-electron chi connectivity index (χ3n) is 1.90. The average molecular weight is 184 g/mol. The molecule has 13 heavy (non-hydrogen) atoms. The highest BCUT2D eigenvalue weighted by Gasteiger charge is 2.10. The van der Waals surface area contributed by atoms with Crippen LogP contribution in [-0.2, 0) is 6.42 Å². The van der Waals surface area contributed by atoms with E-state index in [1.807, 2.05) is 13.8 Å². The first-order valence-corrected chi connectivity index (χ1v) is 4.45. The van der Waals surface area contributed by atoms with Gasteiger partial charge in [0.15, 0.2) is 0 Å². The van der Waals surface area contributed by atoms with Crippen LogP contribution in [0.2, 0.25) is 0 Å². The second kappa shape index (κ2) is 3.86. The van der Waals surface area contributed by atoms with E-state index in [0.717, 1.165) is 0 Å². The van der Waals surface area contributed by atoms with Crippen LogP contribution in [0.1, 0.15) is 25.0 Å². The maximum atomic E-state index is 13.2. The zero-order valence-electron chi connectivity index (χ0n) is 8.20. The fourth-order valence-electron chi connectivity index (χ4n) is 1.33. The molecule has 0 aliphatic heterocycles. The van der Waals surface area contributed by atoms with E-state index in [-0.39, 0.29) is 11.5 Å². The molecule has 1 aromatic carbocycles. The van der Waals surface area contributed by atoms with Crippen LogP contribution in [-0.4, -0.2) is 0 Å². The van der Waals surface area contributed by atoms with E-state index in [0.29, 0.717) is 12.0 Å². The number of rotatable bonds is 2. The molecular formula is C11H14F2. The molecule has 0 fully saturated rings. The Kier molecular flexibility index (Phi) is 3.02. The van der Waals surface area contributed by atoms with Crippen LogP contribution < -0.4 is 0 Å². The average Bonchev–Trinajstić information content (AvgIpc) is 1.96. The molecule has 0 aromatic heterocycles. The maximum absolute atomic E-state index is 13.2. The first-order valence-electron chi connectivity index (χ1n) is 4.45. The summed E-state index contributed by atoms with van der Waals surface area (Å²) < 4.78 is 26.5. The molecule has 0 radical (unpaired) electrons. The van der Waals surface area contributed by atoms with Crippen LogP contribution >= 0.6 is 0 Å². The van der Waals surface area contributed by atoms with Gasteiger partial charge in [-0.3, -0.25) is 0 Å². The van der Waals surface area contributed by atoms with Crippen molar-refractivity contribution in [3.63, 3.8) is 0 Å². The van der Waals surface area contributed by atoms with Crippen LogP contribution in [0.5, 0.6) is 0 Å². The van der Waals surface area contributed by atoms with E-state index in [4.69, 9.17) is 0 Å². The smallest absolute Gasteiger partial charge is 0.129 e. The maximum Gasteiger partial charge on any atom is 0.129 e. The molecule has 72 valence electrons. The molecule has 0 atom stereocenters. The van der Waals surface area contributed by atoms with Gasteiger partial charge < -0.3 is 0 Å². The lowest BCUT2D eigenvalue weighted by Gasteiger charge is -2.08. The lowest BCUT2D eigenvalue weighted by atomic mass is 10.0. The van der Waals surface area contributed by atoms with E-state index < -0.39 is 11.6 Å². The molecule has 0 spiro atoms. The summed E-state index contributed by atoms with van der Waals surface area (Å²) in [4.78, 5) is 0. The van der Waals surface area contributed by atoms with Gasteiger partial charge in [0.05, 0.1) is 0 Å². The molecule has 0 nitrogen and oxygen atoms in total. The van der Waals surface area contributed by atoms with Crippen molar-refractivity contribution in [3.05, 3.63) is 34.9 Å². The van der Waals surface area contributed by atoms with Crippen LogP contribution in [0, 0.1) is 24.5 Å². The highest BCUT2D eigenvalue weighted by molar-refractivity contribution is 5.25. The van der Waals surface area contributed by atoms with Crippen molar-refractivity contribution in [2.75, 3.05) is 0 Å². The monoisotopic (exact) mass is 184 g/mol. The van der Waals surface area contributed by atoms with Gasteiger partial charge in [0, 0.05) is 5.56 Å². The molecule has 0 aliphatic rings. The molecule has 0 aliphatic carbocycles. The second-order valence-electron chi connectivity index (χ2n) is 3.81. The molecule has 0 N–H and O–H groups in total. The van der Waals surface area contributed by atoms with Gasteiger partial charge >= 0.3 is 0 Å². The third-order valence-corrected chi connectivity index (χ3v) is 1.90. The van der Waals surface area contributed by atoms with Gasteiger partial charge in [0.25, 0.3) is 0 Å². The first-order chi connectivity index (χ1) is 6.00. The van der Waals surface area contributed by atoms with Gasteiger partial charge in [-0.2, -0.15) is 0 Å². The van der Waals surface area contributed by atoms with E-state index >= 15 is 0 Å². The number of halogens is 2. The Morgan fingerprint density at radius 1 is 1.15 bits per heavy atom. The highest BCUT2D eigenvalue weighted by Crippen LogP contribution is 2.18. The largest absolute Gasteiger partial charge is 0.207 e. The first kappa shape index (κ1) is 10.2. The standard InChI is InChI=1S/C11H14F2/c1-7(2)4-9-10(12)5-8(3)6-11(9)13/h5-7H,4H2,1-3H3. The van der Waals surface area contributed by atoms with Crippen molar-refractivity contribution in [1.29, 1.82) is 0 Å². The van der Waals surface area contributed by atoms with E-state index in [1.54, 1.807) is 6.92 Å². The van der Waals surface area contributed by atoms with Gasteiger partial charge in [0.1, 0.15) is 11.6 Å². The molecule has 1 rings (SSSR count). The van der Waals surface area contributed by atoms with E-state index in [9.17, 15) is 8.78 Å². The Balaban J connectivity index is 3.06. The summed E-state index contributed by atoms with van der Waals surface area (Å²) in [5, 5.41) is 0. The Hall–Kier alpha value is -0.920. The van der Waals surface area contributed by atoms with Gasteiger partial charge in [-0.05, 0) is 37.0 Å². The summed E-state index contributed by atoms with van der Waals surface area (Å²) in [6.45, 7) is 5.57. The minimum Gasteiger partial charge on any atom is -0.207 e. The van der Waals surface area contributed by atoms with Crippen molar-refractivity contribution >= 4 is 0 Å². The van der Waals surface area contributed by atoms with Crippen LogP contribution in [0.4, 0.5) is 8.78 Å². The topological polar surface area (TPSA) is 0 Å². The fraction of sp³-hybridized carbons (Fsp3) is 0.455. The molecule has 0 saturated heterocycles. The van der Waals surface area contributed by atoms with Gasteiger partial charge in [-0.25, -0.2) is 8.78 Å². The molecule has 0 unspecified atom stereocenters.